The van der Waals surface area contributed by atoms with Crippen molar-refractivity contribution in [1.29, 1.82) is 0 Å². The SMILES string of the molecule is COC(=O)C1=CC(c2ccccc2OC)NCC1. The molecule has 1 aromatic rings. The molecule has 96 valence electrons. The second kappa shape index (κ2) is 5.69. The molecular formula is C14H17NO3. The highest BCUT2D eigenvalue weighted by Gasteiger charge is 2.21. The third kappa shape index (κ3) is 2.54. The Bertz CT molecular complexity index is 468. The van der Waals surface area contributed by atoms with Gasteiger partial charge in [0.1, 0.15) is 5.75 Å². The summed E-state index contributed by atoms with van der Waals surface area (Å²) in [5.74, 6) is 0.564. The smallest absolute Gasteiger partial charge is 0.333 e. The van der Waals surface area contributed by atoms with Crippen LogP contribution in [0.25, 0.3) is 0 Å². The summed E-state index contributed by atoms with van der Waals surface area (Å²) in [6.07, 6.45) is 2.60. The van der Waals surface area contributed by atoms with Crippen LogP contribution in [-0.4, -0.2) is 26.7 Å². The highest BCUT2D eigenvalue weighted by molar-refractivity contribution is 5.88. The van der Waals surface area contributed by atoms with Crippen LogP contribution >= 0.6 is 0 Å². The Morgan fingerprint density at radius 2 is 2.11 bits per heavy atom. The lowest BCUT2D eigenvalue weighted by atomic mass is 9.98. The van der Waals surface area contributed by atoms with E-state index in [4.69, 9.17) is 9.47 Å². The molecule has 1 unspecified atom stereocenters. The van der Waals surface area contributed by atoms with Crippen molar-refractivity contribution < 1.29 is 14.3 Å². The topological polar surface area (TPSA) is 47.6 Å². The van der Waals surface area contributed by atoms with Crippen LogP contribution in [0.5, 0.6) is 5.75 Å². The molecule has 0 saturated carbocycles. The summed E-state index contributed by atoms with van der Waals surface area (Å²) in [5, 5.41) is 3.35. The summed E-state index contributed by atoms with van der Waals surface area (Å²) in [6.45, 7) is 0.754. The number of methoxy groups -OCH3 is 2. The minimum Gasteiger partial charge on any atom is -0.496 e. The Kier molecular flexibility index (Phi) is 3.99. The summed E-state index contributed by atoms with van der Waals surface area (Å²) in [7, 11) is 3.05. The molecule has 0 aliphatic carbocycles. The van der Waals surface area contributed by atoms with Crippen molar-refractivity contribution in [1.82, 2.24) is 5.32 Å². The lowest BCUT2D eigenvalue weighted by molar-refractivity contribution is -0.136. The van der Waals surface area contributed by atoms with Crippen LogP contribution in [0.15, 0.2) is 35.9 Å². The van der Waals surface area contributed by atoms with E-state index in [-0.39, 0.29) is 12.0 Å². The number of nitrogens with one attached hydrogen (secondary N) is 1. The zero-order chi connectivity index (χ0) is 13.0. The third-order valence-electron chi connectivity index (χ3n) is 3.05. The van der Waals surface area contributed by atoms with Crippen LogP contribution in [0, 0.1) is 0 Å². The van der Waals surface area contributed by atoms with Gasteiger partial charge in [-0.3, -0.25) is 0 Å². The van der Waals surface area contributed by atoms with Gasteiger partial charge in [0.25, 0.3) is 0 Å². The molecule has 0 radical (unpaired) electrons. The van der Waals surface area contributed by atoms with E-state index in [1.54, 1.807) is 7.11 Å². The summed E-state index contributed by atoms with van der Waals surface area (Å²) < 4.78 is 10.1. The van der Waals surface area contributed by atoms with Gasteiger partial charge >= 0.3 is 5.97 Å². The van der Waals surface area contributed by atoms with Gasteiger partial charge in [0.15, 0.2) is 0 Å². The first-order valence-corrected chi connectivity index (χ1v) is 5.91. The summed E-state index contributed by atoms with van der Waals surface area (Å²) >= 11 is 0. The number of rotatable bonds is 3. The standard InChI is InChI=1S/C14H17NO3/c1-17-13-6-4-3-5-11(13)12-9-10(7-8-15-12)14(16)18-2/h3-6,9,12,15H,7-8H2,1-2H3. The third-order valence-corrected chi connectivity index (χ3v) is 3.05. The van der Waals surface area contributed by atoms with Crippen molar-refractivity contribution in [2.24, 2.45) is 0 Å². The van der Waals surface area contributed by atoms with E-state index in [9.17, 15) is 4.79 Å². The van der Waals surface area contributed by atoms with Crippen LogP contribution in [0.1, 0.15) is 18.0 Å². The number of carbonyl (C=O) groups excluding carboxylic acids is 1. The predicted molar refractivity (Wildman–Crippen MR) is 68.5 cm³/mol. The molecule has 4 nitrogen and oxygen atoms in total. The molecule has 4 heteroatoms. The molecule has 1 N–H and O–H groups in total. The van der Waals surface area contributed by atoms with Crippen LogP contribution in [0.3, 0.4) is 0 Å². The molecule has 0 amide bonds. The Hall–Kier alpha value is -1.81. The number of carbonyl (C=O) groups is 1. The van der Waals surface area contributed by atoms with E-state index < -0.39 is 0 Å². The van der Waals surface area contributed by atoms with Gasteiger partial charge in [0.2, 0.25) is 0 Å². The number of hydrogen-bond acceptors (Lipinski definition) is 4. The Morgan fingerprint density at radius 3 is 2.83 bits per heavy atom. The molecule has 1 aliphatic heterocycles. The molecule has 1 atom stereocenters. The number of ether oxygens (including phenoxy) is 2. The number of hydrogen-bond donors (Lipinski definition) is 1. The molecule has 1 heterocycles. The van der Waals surface area contributed by atoms with Crippen LogP contribution in [-0.2, 0) is 9.53 Å². The molecular weight excluding hydrogens is 230 g/mol. The lowest BCUT2D eigenvalue weighted by Crippen LogP contribution is -2.28. The van der Waals surface area contributed by atoms with Gasteiger partial charge in [-0.15, -0.1) is 0 Å². The molecule has 0 bridgehead atoms. The molecule has 18 heavy (non-hydrogen) atoms. The lowest BCUT2D eigenvalue weighted by Gasteiger charge is -2.23. The molecule has 1 aromatic carbocycles. The molecule has 1 aliphatic rings. The fourth-order valence-corrected chi connectivity index (χ4v) is 2.13. The quantitative estimate of drug-likeness (QED) is 0.828. The first-order valence-electron chi connectivity index (χ1n) is 5.91. The largest absolute Gasteiger partial charge is 0.496 e. The van der Waals surface area contributed by atoms with Gasteiger partial charge in [0.05, 0.1) is 20.3 Å². The second-order valence-electron chi connectivity index (χ2n) is 4.11. The van der Waals surface area contributed by atoms with Gasteiger partial charge in [-0.2, -0.15) is 0 Å². The van der Waals surface area contributed by atoms with Crippen LogP contribution in [0.4, 0.5) is 0 Å². The van der Waals surface area contributed by atoms with Crippen LogP contribution < -0.4 is 10.1 Å². The van der Waals surface area contributed by atoms with E-state index in [2.05, 4.69) is 5.32 Å². The number of benzene rings is 1. The van der Waals surface area contributed by atoms with E-state index in [1.165, 1.54) is 7.11 Å². The first-order chi connectivity index (χ1) is 8.76. The normalized spacial score (nSPS) is 19.0. The Labute approximate surface area is 107 Å². The highest BCUT2D eigenvalue weighted by atomic mass is 16.5. The minimum absolute atomic E-state index is 0.0102. The maximum Gasteiger partial charge on any atom is 0.333 e. The van der Waals surface area contributed by atoms with Crippen molar-refractivity contribution in [3.8, 4) is 5.75 Å². The van der Waals surface area contributed by atoms with Crippen molar-refractivity contribution in [3.05, 3.63) is 41.5 Å². The maximum atomic E-state index is 11.5. The second-order valence-corrected chi connectivity index (χ2v) is 4.11. The summed E-state index contributed by atoms with van der Waals surface area (Å²) in [5.41, 5.74) is 1.74. The molecule has 2 rings (SSSR count). The molecule has 0 fully saturated rings. The van der Waals surface area contributed by atoms with Gasteiger partial charge in [-0.25, -0.2) is 4.79 Å². The average molecular weight is 247 g/mol. The maximum absolute atomic E-state index is 11.5. The monoisotopic (exact) mass is 247 g/mol. The predicted octanol–water partition coefficient (Wildman–Crippen LogP) is 1.83. The van der Waals surface area contributed by atoms with E-state index in [1.807, 2.05) is 30.3 Å². The van der Waals surface area contributed by atoms with Gasteiger partial charge in [0, 0.05) is 17.7 Å². The zero-order valence-corrected chi connectivity index (χ0v) is 10.6. The van der Waals surface area contributed by atoms with E-state index in [0.29, 0.717) is 12.0 Å². The van der Waals surface area contributed by atoms with E-state index in [0.717, 1.165) is 17.9 Å². The molecule has 0 saturated heterocycles. The van der Waals surface area contributed by atoms with E-state index >= 15 is 0 Å². The van der Waals surface area contributed by atoms with Crippen molar-refractivity contribution >= 4 is 5.97 Å². The van der Waals surface area contributed by atoms with Crippen LogP contribution in [0.2, 0.25) is 0 Å². The highest BCUT2D eigenvalue weighted by Crippen LogP contribution is 2.29. The van der Waals surface area contributed by atoms with Crippen molar-refractivity contribution in [2.75, 3.05) is 20.8 Å². The Morgan fingerprint density at radius 1 is 1.33 bits per heavy atom. The number of esters is 1. The summed E-state index contributed by atoms with van der Waals surface area (Å²) in [4.78, 5) is 11.5. The summed E-state index contributed by atoms with van der Waals surface area (Å²) in [6, 6.07) is 7.78. The molecule has 0 aromatic heterocycles. The Balaban J connectivity index is 2.30. The number of para-hydroxylation sites is 1. The zero-order valence-electron chi connectivity index (χ0n) is 10.6. The van der Waals surface area contributed by atoms with Gasteiger partial charge in [-0.1, -0.05) is 24.3 Å². The average Bonchev–Trinajstić information content (AvgIpc) is 2.46. The van der Waals surface area contributed by atoms with Gasteiger partial charge in [-0.05, 0) is 12.5 Å². The van der Waals surface area contributed by atoms with Crippen molar-refractivity contribution in [2.45, 2.75) is 12.5 Å². The van der Waals surface area contributed by atoms with Crippen molar-refractivity contribution in [3.63, 3.8) is 0 Å². The van der Waals surface area contributed by atoms with Gasteiger partial charge < -0.3 is 14.8 Å². The fourth-order valence-electron chi connectivity index (χ4n) is 2.13. The first kappa shape index (κ1) is 12.6. The molecule has 0 spiro atoms. The fraction of sp³-hybridized carbons (Fsp3) is 0.357. The minimum atomic E-state index is -0.253.